The Morgan fingerprint density at radius 2 is 1.84 bits per heavy atom. The maximum atomic E-state index is 12.4. The van der Waals surface area contributed by atoms with Gasteiger partial charge >= 0.3 is 0 Å². The molecule has 6 heteroatoms. The lowest BCUT2D eigenvalue weighted by Crippen LogP contribution is -2.39. The van der Waals surface area contributed by atoms with E-state index in [-0.39, 0.29) is 5.91 Å². The summed E-state index contributed by atoms with van der Waals surface area (Å²) < 4.78 is 15.9. The highest BCUT2D eigenvalue weighted by Gasteiger charge is 2.18. The van der Waals surface area contributed by atoms with Gasteiger partial charge in [0.2, 0.25) is 5.75 Å². The Hall–Kier alpha value is -1.95. The third-order valence-electron chi connectivity index (χ3n) is 4.78. The average molecular weight is 350 g/mol. The third kappa shape index (κ3) is 5.01. The van der Waals surface area contributed by atoms with Gasteiger partial charge < -0.3 is 24.4 Å². The number of benzene rings is 1. The minimum absolute atomic E-state index is 0.133. The van der Waals surface area contributed by atoms with Crippen molar-refractivity contribution in [1.82, 2.24) is 10.2 Å². The average Bonchev–Trinajstić information content (AvgIpc) is 2.64. The molecule has 25 heavy (non-hydrogen) atoms. The summed E-state index contributed by atoms with van der Waals surface area (Å²) in [7, 11) is 4.62. The molecule has 1 aliphatic heterocycles. The van der Waals surface area contributed by atoms with Crippen LogP contribution in [0.5, 0.6) is 17.2 Å². The SMILES string of the molecule is COc1cc(C(=O)NCCCN2CCCCC2C)cc(OC)c1OC. The van der Waals surface area contributed by atoms with Gasteiger partial charge in [0.1, 0.15) is 0 Å². The van der Waals surface area contributed by atoms with Crippen molar-refractivity contribution in [3.8, 4) is 17.2 Å². The number of rotatable bonds is 8. The van der Waals surface area contributed by atoms with E-state index in [0.29, 0.717) is 35.4 Å². The zero-order chi connectivity index (χ0) is 18.2. The van der Waals surface area contributed by atoms with Gasteiger partial charge in [-0.05, 0) is 44.9 Å². The number of methoxy groups -OCH3 is 3. The van der Waals surface area contributed by atoms with Crippen LogP contribution in [0.15, 0.2) is 12.1 Å². The van der Waals surface area contributed by atoms with Crippen LogP contribution in [0.1, 0.15) is 43.0 Å². The van der Waals surface area contributed by atoms with Crippen molar-refractivity contribution < 1.29 is 19.0 Å². The number of carbonyl (C=O) groups is 1. The number of piperidine rings is 1. The standard InChI is InChI=1S/C19H30N2O4/c1-14-8-5-6-10-21(14)11-7-9-20-19(22)15-12-16(23-2)18(25-4)17(13-15)24-3/h12-14H,5-11H2,1-4H3,(H,20,22). The largest absolute Gasteiger partial charge is 0.493 e. The van der Waals surface area contributed by atoms with Gasteiger partial charge in [0.25, 0.3) is 5.91 Å². The Labute approximate surface area is 150 Å². The normalized spacial score (nSPS) is 17.8. The molecule has 0 saturated carbocycles. The summed E-state index contributed by atoms with van der Waals surface area (Å²) in [5, 5.41) is 2.98. The Kier molecular flexibility index (Phi) is 7.37. The van der Waals surface area contributed by atoms with E-state index in [1.165, 1.54) is 25.8 Å². The third-order valence-corrected chi connectivity index (χ3v) is 4.78. The molecule has 140 valence electrons. The molecule has 1 fully saturated rings. The highest BCUT2D eigenvalue weighted by atomic mass is 16.5. The molecule has 0 radical (unpaired) electrons. The van der Waals surface area contributed by atoms with E-state index in [1.54, 1.807) is 33.5 Å². The van der Waals surface area contributed by atoms with Crippen LogP contribution in [0.4, 0.5) is 0 Å². The first-order valence-corrected chi connectivity index (χ1v) is 8.93. The molecular formula is C19H30N2O4. The fourth-order valence-corrected chi connectivity index (χ4v) is 3.29. The van der Waals surface area contributed by atoms with Crippen molar-refractivity contribution in [1.29, 1.82) is 0 Å². The van der Waals surface area contributed by atoms with E-state index in [1.807, 2.05) is 0 Å². The second kappa shape index (κ2) is 9.51. The number of hydrogen-bond acceptors (Lipinski definition) is 5. The lowest BCUT2D eigenvalue weighted by Gasteiger charge is -2.33. The summed E-state index contributed by atoms with van der Waals surface area (Å²) in [6.07, 6.45) is 4.83. The van der Waals surface area contributed by atoms with Crippen LogP contribution in [0.25, 0.3) is 0 Å². The summed E-state index contributed by atoms with van der Waals surface area (Å²) in [5.41, 5.74) is 0.501. The molecule has 1 aromatic rings. The van der Waals surface area contributed by atoms with Gasteiger partial charge in [0.05, 0.1) is 21.3 Å². The minimum atomic E-state index is -0.133. The number of ether oxygens (including phenoxy) is 3. The predicted molar refractivity (Wildman–Crippen MR) is 97.9 cm³/mol. The molecule has 1 saturated heterocycles. The number of nitrogens with one attached hydrogen (secondary N) is 1. The molecule has 1 heterocycles. The molecule has 2 rings (SSSR count). The van der Waals surface area contributed by atoms with E-state index in [2.05, 4.69) is 17.1 Å². The highest BCUT2D eigenvalue weighted by molar-refractivity contribution is 5.95. The van der Waals surface area contributed by atoms with E-state index in [4.69, 9.17) is 14.2 Å². The highest BCUT2D eigenvalue weighted by Crippen LogP contribution is 2.38. The van der Waals surface area contributed by atoms with Gasteiger partial charge in [0.15, 0.2) is 11.5 Å². The van der Waals surface area contributed by atoms with Crippen molar-refractivity contribution in [3.05, 3.63) is 17.7 Å². The van der Waals surface area contributed by atoms with Crippen LogP contribution in [0.3, 0.4) is 0 Å². The summed E-state index contributed by atoms with van der Waals surface area (Å²) >= 11 is 0. The molecule has 1 atom stereocenters. The van der Waals surface area contributed by atoms with Crippen molar-refractivity contribution in [3.63, 3.8) is 0 Å². The summed E-state index contributed by atoms with van der Waals surface area (Å²) in [6, 6.07) is 3.99. The van der Waals surface area contributed by atoms with Gasteiger partial charge in [-0.3, -0.25) is 4.79 Å². The minimum Gasteiger partial charge on any atom is -0.493 e. The second-order valence-electron chi connectivity index (χ2n) is 6.40. The smallest absolute Gasteiger partial charge is 0.251 e. The van der Waals surface area contributed by atoms with Crippen LogP contribution in [0.2, 0.25) is 0 Å². The monoisotopic (exact) mass is 350 g/mol. The van der Waals surface area contributed by atoms with Gasteiger partial charge in [0, 0.05) is 24.7 Å². The quantitative estimate of drug-likeness (QED) is 0.731. The van der Waals surface area contributed by atoms with Crippen molar-refractivity contribution in [2.45, 2.75) is 38.6 Å². The van der Waals surface area contributed by atoms with E-state index < -0.39 is 0 Å². The summed E-state index contributed by atoms with van der Waals surface area (Å²) in [6.45, 7) is 5.13. The fourth-order valence-electron chi connectivity index (χ4n) is 3.29. The number of hydrogen-bond donors (Lipinski definition) is 1. The molecule has 1 amide bonds. The number of nitrogens with zero attached hydrogens (tertiary/aromatic N) is 1. The Morgan fingerprint density at radius 3 is 2.40 bits per heavy atom. The first kappa shape index (κ1) is 19.4. The molecule has 1 unspecified atom stereocenters. The van der Waals surface area contributed by atoms with Gasteiger partial charge in [-0.15, -0.1) is 0 Å². The molecule has 6 nitrogen and oxygen atoms in total. The number of amides is 1. The Morgan fingerprint density at radius 1 is 1.16 bits per heavy atom. The fraction of sp³-hybridized carbons (Fsp3) is 0.632. The summed E-state index contributed by atoms with van der Waals surface area (Å²) in [4.78, 5) is 14.9. The first-order valence-electron chi connectivity index (χ1n) is 8.93. The van der Waals surface area contributed by atoms with Crippen molar-refractivity contribution >= 4 is 5.91 Å². The molecule has 1 N–H and O–H groups in total. The van der Waals surface area contributed by atoms with Crippen LogP contribution in [0, 0.1) is 0 Å². The molecular weight excluding hydrogens is 320 g/mol. The maximum Gasteiger partial charge on any atom is 0.251 e. The zero-order valence-electron chi connectivity index (χ0n) is 15.8. The lowest BCUT2D eigenvalue weighted by atomic mass is 10.0. The van der Waals surface area contributed by atoms with Crippen LogP contribution in [-0.2, 0) is 0 Å². The van der Waals surface area contributed by atoms with Gasteiger partial charge in [-0.1, -0.05) is 6.42 Å². The molecule has 0 bridgehead atoms. The molecule has 0 aromatic heterocycles. The van der Waals surface area contributed by atoms with Crippen molar-refractivity contribution in [2.75, 3.05) is 41.0 Å². The second-order valence-corrected chi connectivity index (χ2v) is 6.40. The first-order chi connectivity index (χ1) is 12.1. The lowest BCUT2D eigenvalue weighted by molar-refractivity contribution is 0.0948. The van der Waals surface area contributed by atoms with E-state index >= 15 is 0 Å². The molecule has 0 spiro atoms. The van der Waals surface area contributed by atoms with Gasteiger partial charge in [-0.25, -0.2) is 0 Å². The van der Waals surface area contributed by atoms with Crippen LogP contribution >= 0.6 is 0 Å². The van der Waals surface area contributed by atoms with E-state index in [9.17, 15) is 4.79 Å². The Balaban J connectivity index is 1.90. The van der Waals surface area contributed by atoms with Crippen molar-refractivity contribution in [2.24, 2.45) is 0 Å². The maximum absolute atomic E-state index is 12.4. The number of likely N-dealkylation sites (tertiary alicyclic amines) is 1. The molecule has 0 aliphatic carbocycles. The van der Waals surface area contributed by atoms with Crippen LogP contribution < -0.4 is 19.5 Å². The summed E-state index contributed by atoms with van der Waals surface area (Å²) in [5.74, 6) is 1.31. The number of carbonyl (C=O) groups excluding carboxylic acids is 1. The zero-order valence-corrected chi connectivity index (χ0v) is 15.8. The predicted octanol–water partition coefficient (Wildman–Crippen LogP) is 2.71. The van der Waals surface area contributed by atoms with Gasteiger partial charge in [-0.2, -0.15) is 0 Å². The molecule has 1 aliphatic rings. The van der Waals surface area contributed by atoms with Crippen LogP contribution in [-0.4, -0.2) is 57.8 Å². The Bertz CT molecular complexity index is 552. The topological polar surface area (TPSA) is 60.0 Å². The van der Waals surface area contributed by atoms with E-state index in [0.717, 1.165) is 13.0 Å². The molecule has 1 aromatic carbocycles.